The van der Waals surface area contributed by atoms with Gasteiger partial charge in [0.25, 0.3) is 0 Å². The second-order valence-corrected chi connectivity index (χ2v) is 6.49. The van der Waals surface area contributed by atoms with E-state index in [-0.39, 0.29) is 11.6 Å². The number of likely N-dealkylation sites (tertiary alicyclic amines) is 1. The first-order chi connectivity index (χ1) is 10.9. The number of benzene rings is 1. The maximum atomic E-state index is 13.3. The van der Waals surface area contributed by atoms with E-state index < -0.39 is 24.4 Å². The Morgan fingerprint density at radius 2 is 1.91 bits per heavy atom. The number of halogens is 3. The van der Waals surface area contributed by atoms with E-state index in [0.29, 0.717) is 6.04 Å². The lowest BCUT2D eigenvalue weighted by Crippen LogP contribution is -2.39. The standard InChI is InChI=1S/C17H21F3N2O/c18-17(19,20)15(12-4-2-1-3-5-12)10-16(23)21-13-8-9-22(11-13)14-6-7-14/h1-5,13-15H,6-11H2,(H,21,23)/t13-,15-/m0/s1. The number of hydrogen-bond donors (Lipinski definition) is 1. The number of nitrogens with zero attached hydrogens (tertiary/aromatic N) is 1. The normalized spacial score (nSPS) is 23.7. The van der Waals surface area contributed by atoms with Crippen molar-refractivity contribution in [1.29, 1.82) is 0 Å². The van der Waals surface area contributed by atoms with Crippen molar-refractivity contribution in [2.75, 3.05) is 13.1 Å². The van der Waals surface area contributed by atoms with Crippen molar-refractivity contribution in [2.45, 2.75) is 49.9 Å². The third kappa shape index (κ3) is 4.25. The maximum Gasteiger partial charge on any atom is 0.396 e. The van der Waals surface area contributed by atoms with Gasteiger partial charge in [0.05, 0.1) is 5.92 Å². The Morgan fingerprint density at radius 1 is 1.22 bits per heavy atom. The summed E-state index contributed by atoms with van der Waals surface area (Å²) in [7, 11) is 0. The lowest BCUT2D eigenvalue weighted by atomic mass is 9.94. The first-order valence-corrected chi connectivity index (χ1v) is 8.08. The van der Waals surface area contributed by atoms with E-state index in [1.807, 2.05) is 0 Å². The van der Waals surface area contributed by atoms with Crippen LogP contribution in [0, 0.1) is 0 Å². The molecule has 1 aromatic carbocycles. The lowest BCUT2D eigenvalue weighted by Gasteiger charge is -2.22. The van der Waals surface area contributed by atoms with E-state index >= 15 is 0 Å². The molecule has 126 valence electrons. The molecule has 0 unspecified atom stereocenters. The van der Waals surface area contributed by atoms with Crippen LogP contribution in [0.15, 0.2) is 30.3 Å². The Hall–Kier alpha value is -1.56. The molecule has 23 heavy (non-hydrogen) atoms. The first-order valence-electron chi connectivity index (χ1n) is 8.08. The zero-order valence-electron chi connectivity index (χ0n) is 12.9. The van der Waals surface area contributed by atoms with Crippen molar-refractivity contribution in [1.82, 2.24) is 10.2 Å². The van der Waals surface area contributed by atoms with Gasteiger partial charge in [-0.05, 0) is 24.8 Å². The highest BCUT2D eigenvalue weighted by Crippen LogP contribution is 2.37. The van der Waals surface area contributed by atoms with E-state index in [1.54, 1.807) is 18.2 Å². The second-order valence-electron chi connectivity index (χ2n) is 6.49. The molecule has 6 heteroatoms. The molecule has 3 rings (SSSR count). The predicted molar refractivity (Wildman–Crippen MR) is 81.0 cm³/mol. The smallest absolute Gasteiger partial charge is 0.352 e. The van der Waals surface area contributed by atoms with E-state index in [4.69, 9.17) is 0 Å². The minimum Gasteiger partial charge on any atom is -0.352 e. The molecule has 1 amide bonds. The SMILES string of the molecule is O=C(C[C@@H](c1ccccc1)C(F)(F)F)N[C@H]1CCN(C2CC2)C1. The van der Waals surface area contributed by atoms with Gasteiger partial charge in [-0.2, -0.15) is 13.2 Å². The van der Waals surface area contributed by atoms with Crippen molar-refractivity contribution >= 4 is 5.91 Å². The van der Waals surface area contributed by atoms with Gasteiger partial charge in [-0.15, -0.1) is 0 Å². The molecule has 1 aliphatic carbocycles. The van der Waals surface area contributed by atoms with Gasteiger partial charge in [0.1, 0.15) is 0 Å². The monoisotopic (exact) mass is 326 g/mol. The van der Waals surface area contributed by atoms with Crippen molar-refractivity contribution in [3.8, 4) is 0 Å². The van der Waals surface area contributed by atoms with Crippen LogP contribution in [0.5, 0.6) is 0 Å². The summed E-state index contributed by atoms with van der Waals surface area (Å²) in [6, 6.07) is 8.26. The summed E-state index contributed by atoms with van der Waals surface area (Å²) in [5, 5.41) is 2.78. The fraction of sp³-hybridized carbons (Fsp3) is 0.588. The van der Waals surface area contributed by atoms with Gasteiger partial charge in [-0.1, -0.05) is 30.3 Å². The fourth-order valence-electron chi connectivity index (χ4n) is 3.26. The summed E-state index contributed by atoms with van der Waals surface area (Å²) in [5.41, 5.74) is 0.140. The maximum absolute atomic E-state index is 13.3. The summed E-state index contributed by atoms with van der Waals surface area (Å²) in [5.74, 6) is -2.26. The fourth-order valence-corrected chi connectivity index (χ4v) is 3.26. The highest BCUT2D eigenvalue weighted by atomic mass is 19.4. The quantitative estimate of drug-likeness (QED) is 0.902. The molecule has 2 atom stereocenters. The van der Waals surface area contributed by atoms with Crippen LogP contribution in [-0.2, 0) is 4.79 Å². The molecule has 1 aromatic rings. The van der Waals surface area contributed by atoms with Crippen LogP contribution >= 0.6 is 0 Å². The third-order valence-corrected chi connectivity index (χ3v) is 4.63. The van der Waals surface area contributed by atoms with Crippen LogP contribution < -0.4 is 5.32 Å². The molecule has 1 saturated heterocycles. The molecule has 1 N–H and O–H groups in total. The van der Waals surface area contributed by atoms with E-state index in [2.05, 4.69) is 10.2 Å². The van der Waals surface area contributed by atoms with Crippen LogP contribution in [0.2, 0.25) is 0 Å². The van der Waals surface area contributed by atoms with Gasteiger partial charge >= 0.3 is 6.18 Å². The number of amides is 1. The number of hydrogen-bond acceptors (Lipinski definition) is 2. The lowest BCUT2D eigenvalue weighted by molar-refractivity contribution is -0.157. The molecule has 2 aliphatic rings. The molecule has 0 radical (unpaired) electrons. The number of rotatable bonds is 5. The van der Waals surface area contributed by atoms with Gasteiger partial charge < -0.3 is 5.32 Å². The molecular weight excluding hydrogens is 305 g/mol. The average molecular weight is 326 g/mol. The average Bonchev–Trinajstić information content (AvgIpc) is 3.25. The Bertz CT molecular complexity index is 543. The summed E-state index contributed by atoms with van der Waals surface area (Å²) >= 11 is 0. The van der Waals surface area contributed by atoms with Crippen LogP contribution in [-0.4, -0.2) is 42.2 Å². The Labute approximate surface area is 133 Å². The highest BCUT2D eigenvalue weighted by Gasteiger charge is 2.42. The topological polar surface area (TPSA) is 32.3 Å². The van der Waals surface area contributed by atoms with Crippen LogP contribution in [0.1, 0.15) is 37.2 Å². The summed E-state index contributed by atoms with van der Waals surface area (Å²) < 4.78 is 39.8. The molecule has 2 fully saturated rings. The second kappa shape index (κ2) is 6.51. The van der Waals surface area contributed by atoms with Gasteiger partial charge in [0.2, 0.25) is 5.91 Å². The van der Waals surface area contributed by atoms with E-state index in [9.17, 15) is 18.0 Å². The van der Waals surface area contributed by atoms with Gasteiger partial charge in [0.15, 0.2) is 0 Å². The summed E-state index contributed by atoms with van der Waals surface area (Å²) in [6.07, 6.45) is -1.75. The minimum absolute atomic E-state index is 0.0206. The van der Waals surface area contributed by atoms with Crippen LogP contribution in [0.25, 0.3) is 0 Å². The molecule has 1 heterocycles. The molecule has 1 aliphatic heterocycles. The van der Waals surface area contributed by atoms with Crippen molar-refractivity contribution < 1.29 is 18.0 Å². The van der Waals surface area contributed by atoms with Crippen molar-refractivity contribution in [3.05, 3.63) is 35.9 Å². The zero-order valence-corrected chi connectivity index (χ0v) is 12.9. The van der Waals surface area contributed by atoms with Gasteiger partial charge in [0, 0.05) is 31.6 Å². The Kier molecular flexibility index (Phi) is 4.62. The number of nitrogens with one attached hydrogen (secondary N) is 1. The van der Waals surface area contributed by atoms with E-state index in [1.165, 1.54) is 25.0 Å². The van der Waals surface area contributed by atoms with Crippen LogP contribution in [0.4, 0.5) is 13.2 Å². The number of carbonyl (C=O) groups is 1. The molecule has 3 nitrogen and oxygen atoms in total. The largest absolute Gasteiger partial charge is 0.396 e. The molecule has 0 bridgehead atoms. The van der Waals surface area contributed by atoms with Crippen molar-refractivity contribution in [3.63, 3.8) is 0 Å². The molecule has 0 spiro atoms. The molecule has 0 aromatic heterocycles. The summed E-state index contributed by atoms with van der Waals surface area (Å²) in [6.45, 7) is 1.69. The predicted octanol–water partition coefficient (Wildman–Crippen LogP) is 3.08. The number of alkyl halides is 3. The van der Waals surface area contributed by atoms with Gasteiger partial charge in [-0.3, -0.25) is 9.69 Å². The molecule has 1 saturated carbocycles. The third-order valence-electron chi connectivity index (χ3n) is 4.63. The van der Waals surface area contributed by atoms with Crippen LogP contribution in [0.3, 0.4) is 0 Å². The Balaban J connectivity index is 1.58. The van der Waals surface area contributed by atoms with E-state index in [0.717, 1.165) is 19.5 Å². The molecular formula is C17H21F3N2O. The zero-order chi connectivity index (χ0) is 16.4. The minimum atomic E-state index is -4.42. The summed E-state index contributed by atoms with van der Waals surface area (Å²) in [4.78, 5) is 14.4. The number of carbonyl (C=O) groups excluding carboxylic acids is 1. The van der Waals surface area contributed by atoms with Crippen molar-refractivity contribution in [2.24, 2.45) is 0 Å². The highest BCUT2D eigenvalue weighted by molar-refractivity contribution is 5.77. The Morgan fingerprint density at radius 3 is 2.52 bits per heavy atom. The first kappa shape index (κ1) is 16.3. The van der Waals surface area contributed by atoms with Gasteiger partial charge in [-0.25, -0.2) is 0 Å².